The number of hydrogen-bond acceptors (Lipinski definition) is 5. The number of benzene rings is 1. The third-order valence-electron chi connectivity index (χ3n) is 2.65. The highest BCUT2D eigenvalue weighted by Crippen LogP contribution is 2.33. The van der Waals surface area contributed by atoms with Gasteiger partial charge in [0.05, 0.1) is 22.6 Å². The second-order valence-corrected chi connectivity index (χ2v) is 9.17. The van der Waals surface area contributed by atoms with E-state index in [9.17, 15) is 8.42 Å². The van der Waals surface area contributed by atoms with Crippen LogP contribution >= 0.6 is 31.9 Å². The summed E-state index contributed by atoms with van der Waals surface area (Å²) in [5.41, 5.74) is 5.70. The van der Waals surface area contributed by atoms with Gasteiger partial charge in [-0.05, 0) is 58.7 Å². The molecular formula is C13H21Br2N3O3S. The molecule has 6 nitrogen and oxygen atoms in total. The zero-order valence-corrected chi connectivity index (χ0v) is 16.9. The van der Waals surface area contributed by atoms with Gasteiger partial charge < -0.3 is 15.8 Å². The van der Waals surface area contributed by atoms with E-state index in [1.165, 1.54) is 13.2 Å². The van der Waals surface area contributed by atoms with E-state index >= 15 is 0 Å². The van der Waals surface area contributed by atoms with Crippen molar-refractivity contribution in [1.82, 2.24) is 10.0 Å². The molecule has 1 atom stereocenters. The summed E-state index contributed by atoms with van der Waals surface area (Å²) < 4.78 is 33.5. The van der Waals surface area contributed by atoms with Crippen molar-refractivity contribution in [2.45, 2.75) is 37.4 Å². The van der Waals surface area contributed by atoms with Gasteiger partial charge in [-0.3, -0.25) is 0 Å². The first-order valence-electron chi connectivity index (χ1n) is 6.52. The van der Waals surface area contributed by atoms with Crippen molar-refractivity contribution in [3.63, 3.8) is 0 Å². The Kier molecular flexibility index (Phi) is 6.85. The number of rotatable bonds is 6. The molecule has 0 bridgehead atoms. The largest absolute Gasteiger partial charge is 0.496 e. The fourth-order valence-corrected chi connectivity index (χ4v) is 4.58. The Morgan fingerprint density at radius 1 is 1.27 bits per heavy atom. The summed E-state index contributed by atoms with van der Waals surface area (Å²) >= 11 is 6.55. The minimum absolute atomic E-state index is 0.0683. The third-order valence-corrected chi connectivity index (χ3v) is 5.72. The lowest BCUT2D eigenvalue weighted by Gasteiger charge is -2.24. The van der Waals surface area contributed by atoms with Crippen molar-refractivity contribution in [2.24, 2.45) is 5.73 Å². The van der Waals surface area contributed by atoms with E-state index in [1.54, 1.807) is 6.07 Å². The van der Waals surface area contributed by atoms with Gasteiger partial charge in [0.2, 0.25) is 10.0 Å². The van der Waals surface area contributed by atoms with Crippen molar-refractivity contribution in [3.8, 4) is 5.75 Å². The van der Waals surface area contributed by atoms with Crippen LogP contribution in [0, 0.1) is 0 Å². The molecule has 1 aromatic rings. The molecule has 0 radical (unpaired) electrons. The van der Waals surface area contributed by atoms with Crippen LogP contribution in [0.2, 0.25) is 0 Å². The summed E-state index contributed by atoms with van der Waals surface area (Å²) in [5.74, 6) is 0.421. The Bertz CT molecular complexity index is 630. The van der Waals surface area contributed by atoms with Gasteiger partial charge in [-0.1, -0.05) is 0 Å². The number of methoxy groups -OCH3 is 1. The van der Waals surface area contributed by atoms with Crippen LogP contribution in [0.4, 0.5) is 0 Å². The maximum atomic E-state index is 12.4. The van der Waals surface area contributed by atoms with Crippen molar-refractivity contribution in [1.29, 1.82) is 0 Å². The molecular weight excluding hydrogens is 438 g/mol. The number of ether oxygens (including phenoxy) is 1. The van der Waals surface area contributed by atoms with Gasteiger partial charge in [-0.15, -0.1) is 0 Å². The summed E-state index contributed by atoms with van der Waals surface area (Å²) in [4.78, 5) is 0.0683. The van der Waals surface area contributed by atoms with E-state index < -0.39 is 16.2 Å². The molecule has 1 rings (SSSR count). The first-order chi connectivity index (χ1) is 9.96. The smallest absolute Gasteiger partial charge is 0.243 e. The molecule has 1 aromatic carbocycles. The van der Waals surface area contributed by atoms with E-state index in [-0.39, 0.29) is 10.4 Å². The molecule has 0 heterocycles. The van der Waals surface area contributed by atoms with E-state index in [0.29, 0.717) is 21.2 Å². The molecule has 0 saturated carbocycles. The number of nitrogens with two attached hydrogens (primary N) is 1. The zero-order valence-electron chi connectivity index (χ0n) is 12.9. The first kappa shape index (κ1) is 19.9. The Morgan fingerprint density at radius 2 is 1.86 bits per heavy atom. The third kappa shape index (κ3) is 5.78. The summed E-state index contributed by atoms with van der Waals surface area (Å²) in [6, 6.07) is 3.05. The lowest BCUT2D eigenvalue weighted by atomic mass is 10.1. The topological polar surface area (TPSA) is 93.5 Å². The highest BCUT2D eigenvalue weighted by molar-refractivity contribution is 9.11. The fraction of sp³-hybridized carbons (Fsp3) is 0.538. The summed E-state index contributed by atoms with van der Waals surface area (Å²) in [6.07, 6.45) is -0.745. The molecule has 0 spiro atoms. The highest BCUT2D eigenvalue weighted by atomic mass is 79.9. The van der Waals surface area contributed by atoms with E-state index in [0.717, 1.165) is 0 Å². The average Bonchev–Trinajstić information content (AvgIpc) is 2.35. The molecule has 0 aromatic heterocycles. The molecule has 0 aliphatic rings. The second kappa shape index (κ2) is 7.59. The molecule has 0 amide bonds. The van der Waals surface area contributed by atoms with Gasteiger partial charge in [0.1, 0.15) is 5.75 Å². The predicted octanol–water partition coefficient (Wildman–Crippen LogP) is 2.17. The van der Waals surface area contributed by atoms with Crippen LogP contribution in [-0.2, 0) is 10.0 Å². The molecule has 4 N–H and O–H groups in total. The van der Waals surface area contributed by atoms with Crippen LogP contribution in [0.1, 0.15) is 20.8 Å². The number of nitrogens with one attached hydrogen (secondary N) is 2. The molecule has 0 unspecified atom stereocenters. The monoisotopic (exact) mass is 457 g/mol. The summed E-state index contributed by atoms with van der Waals surface area (Å²) in [5, 5.41) is 3.15. The molecule has 0 aliphatic carbocycles. The van der Waals surface area contributed by atoms with Crippen LogP contribution in [0.15, 0.2) is 26.0 Å². The maximum absolute atomic E-state index is 12.4. The number of sulfonamides is 1. The molecule has 0 fully saturated rings. The summed E-state index contributed by atoms with van der Waals surface area (Å²) in [7, 11) is -2.30. The van der Waals surface area contributed by atoms with Crippen molar-refractivity contribution in [2.75, 3.05) is 13.7 Å². The zero-order chi connectivity index (χ0) is 17.1. The van der Waals surface area contributed by atoms with Crippen LogP contribution in [0.25, 0.3) is 0 Å². The lowest BCUT2D eigenvalue weighted by Crippen LogP contribution is -2.51. The number of hydrogen-bond donors (Lipinski definition) is 3. The Hall–Kier alpha value is -0.190. The maximum Gasteiger partial charge on any atom is 0.243 e. The first-order valence-corrected chi connectivity index (χ1v) is 9.59. The van der Waals surface area contributed by atoms with Crippen molar-refractivity contribution >= 4 is 41.9 Å². The average molecular weight is 459 g/mol. The van der Waals surface area contributed by atoms with E-state index in [1.807, 2.05) is 20.8 Å². The minimum atomic E-state index is -3.77. The van der Waals surface area contributed by atoms with Crippen LogP contribution in [0.3, 0.4) is 0 Å². The Labute approximate surface area is 148 Å². The van der Waals surface area contributed by atoms with E-state index in [2.05, 4.69) is 41.9 Å². The Balaban J connectivity index is 2.95. The fourth-order valence-electron chi connectivity index (χ4n) is 1.59. The number of halogens is 2. The Morgan fingerprint density at radius 3 is 2.36 bits per heavy atom. The van der Waals surface area contributed by atoms with Gasteiger partial charge in [0.15, 0.2) is 0 Å². The van der Waals surface area contributed by atoms with Crippen LogP contribution < -0.4 is 20.5 Å². The van der Waals surface area contributed by atoms with Crippen LogP contribution in [0.5, 0.6) is 5.75 Å². The van der Waals surface area contributed by atoms with Gasteiger partial charge in [-0.25, -0.2) is 8.42 Å². The quantitative estimate of drug-likeness (QED) is 0.568. The summed E-state index contributed by atoms with van der Waals surface area (Å²) in [6.45, 7) is 6.24. The second-order valence-electron chi connectivity index (χ2n) is 5.78. The lowest BCUT2D eigenvalue weighted by molar-refractivity contribution is 0.398. The van der Waals surface area contributed by atoms with E-state index in [4.69, 9.17) is 10.5 Å². The highest BCUT2D eigenvalue weighted by Gasteiger charge is 2.23. The molecule has 0 aliphatic heterocycles. The van der Waals surface area contributed by atoms with Gasteiger partial charge in [0, 0.05) is 22.6 Å². The van der Waals surface area contributed by atoms with Gasteiger partial charge in [-0.2, -0.15) is 4.72 Å². The van der Waals surface area contributed by atoms with Gasteiger partial charge >= 0.3 is 0 Å². The molecule has 0 saturated heterocycles. The molecule has 9 heteroatoms. The van der Waals surface area contributed by atoms with Crippen molar-refractivity contribution < 1.29 is 13.2 Å². The van der Waals surface area contributed by atoms with Crippen LogP contribution in [-0.4, -0.2) is 33.8 Å². The SMILES string of the molecule is COc1cc(S(=O)(=O)N[C@H](N)CNC(C)(C)C)c(Br)cc1Br. The minimum Gasteiger partial charge on any atom is -0.496 e. The molecule has 22 heavy (non-hydrogen) atoms. The standard InChI is InChI=1S/C13H21Br2N3O3S/c1-13(2,3)17-7-12(16)18-22(19,20)11-6-10(21-4)8(14)5-9(11)15/h5-6,12,17-18H,7,16H2,1-4H3/t12-/m0/s1. The molecule has 126 valence electrons. The van der Waals surface area contributed by atoms with Gasteiger partial charge in [0.25, 0.3) is 0 Å². The predicted molar refractivity (Wildman–Crippen MR) is 94.4 cm³/mol. The normalized spacial score (nSPS) is 14.0. The van der Waals surface area contributed by atoms with Crippen molar-refractivity contribution in [3.05, 3.63) is 21.1 Å².